The smallest absolute Gasteiger partial charge is 0.127 e. The largest absolute Gasteiger partial charge is 0.372 e. The molecular formula is C15H21NO. The monoisotopic (exact) mass is 231 g/mol. The third-order valence-electron chi connectivity index (χ3n) is 3.78. The van der Waals surface area contributed by atoms with Crippen molar-refractivity contribution in [2.24, 2.45) is 0 Å². The van der Waals surface area contributed by atoms with Crippen molar-refractivity contribution < 1.29 is 4.79 Å². The Balaban J connectivity index is 2.33. The molecule has 1 aromatic carbocycles. The molecule has 0 spiro atoms. The molecule has 0 saturated carbocycles. The van der Waals surface area contributed by atoms with Crippen molar-refractivity contribution >= 4 is 12.0 Å². The van der Waals surface area contributed by atoms with E-state index in [4.69, 9.17) is 0 Å². The van der Waals surface area contributed by atoms with Gasteiger partial charge in [0.05, 0.1) is 0 Å². The van der Waals surface area contributed by atoms with Crippen LogP contribution in [0.15, 0.2) is 18.2 Å². The van der Waals surface area contributed by atoms with E-state index in [0.29, 0.717) is 0 Å². The van der Waals surface area contributed by atoms with Crippen LogP contribution in [0.25, 0.3) is 0 Å². The van der Waals surface area contributed by atoms with Gasteiger partial charge in [-0.15, -0.1) is 0 Å². The highest BCUT2D eigenvalue weighted by atomic mass is 16.1. The summed E-state index contributed by atoms with van der Waals surface area (Å²) in [6.07, 6.45) is 4.38. The molecule has 1 unspecified atom stereocenters. The minimum Gasteiger partial charge on any atom is -0.372 e. The number of aryl methyl sites for hydroxylation is 1. The summed E-state index contributed by atoms with van der Waals surface area (Å²) in [5.74, 6) is 0.129. The van der Waals surface area contributed by atoms with Gasteiger partial charge in [-0.05, 0) is 56.4 Å². The fourth-order valence-corrected chi connectivity index (χ4v) is 2.77. The van der Waals surface area contributed by atoms with E-state index in [1.807, 2.05) is 0 Å². The summed E-state index contributed by atoms with van der Waals surface area (Å²) < 4.78 is 0. The van der Waals surface area contributed by atoms with Crippen molar-refractivity contribution in [1.82, 2.24) is 0 Å². The number of carbonyl (C=O) groups excluding carboxylic acids is 1. The van der Waals surface area contributed by atoms with E-state index in [1.165, 1.54) is 16.8 Å². The first-order chi connectivity index (χ1) is 8.30. The Morgan fingerprint density at radius 1 is 1.35 bits per heavy atom. The molecule has 2 nitrogen and oxygen atoms in total. The van der Waals surface area contributed by atoms with Crippen molar-refractivity contribution in [1.29, 1.82) is 0 Å². The minimum atomic E-state index is 0.129. The molecule has 1 atom stereocenters. The molecule has 17 heavy (non-hydrogen) atoms. The Kier molecular flexibility index (Phi) is 3.82. The molecule has 0 aromatic heterocycles. The number of aldehydes is 1. The summed E-state index contributed by atoms with van der Waals surface area (Å²) in [5, 5.41) is 0. The second kappa shape index (κ2) is 5.35. The predicted molar refractivity (Wildman–Crippen MR) is 71.7 cm³/mol. The number of anilines is 1. The van der Waals surface area contributed by atoms with E-state index in [0.717, 1.165) is 38.6 Å². The Morgan fingerprint density at radius 2 is 2.12 bits per heavy atom. The lowest BCUT2D eigenvalue weighted by Crippen LogP contribution is -2.22. The van der Waals surface area contributed by atoms with E-state index in [-0.39, 0.29) is 5.92 Å². The first-order valence-electron chi connectivity index (χ1n) is 6.63. The summed E-state index contributed by atoms with van der Waals surface area (Å²) in [6.45, 7) is 6.42. The molecule has 2 rings (SSSR count). The molecule has 0 saturated heterocycles. The molecule has 1 aliphatic rings. The Hall–Kier alpha value is -1.31. The van der Waals surface area contributed by atoms with Crippen LogP contribution >= 0.6 is 0 Å². The van der Waals surface area contributed by atoms with Crippen molar-refractivity contribution in [3.05, 3.63) is 29.3 Å². The number of hydrogen-bond donors (Lipinski definition) is 0. The summed E-state index contributed by atoms with van der Waals surface area (Å²) >= 11 is 0. The molecule has 1 aromatic rings. The fraction of sp³-hybridized carbons (Fsp3) is 0.533. The highest BCUT2D eigenvalue weighted by molar-refractivity contribution is 5.65. The number of carbonyl (C=O) groups is 1. The molecule has 0 amide bonds. The molecule has 1 aliphatic carbocycles. The molecule has 0 fully saturated rings. The van der Waals surface area contributed by atoms with Crippen LogP contribution in [-0.4, -0.2) is 19.4 Å². The normalized spacial score (nSPS) is 18.6. The summed E-state index contributed by atoms with van der Waals surface area (Å²) in [4.78, 5) is 13.4. The number of hydrogen-bond acceptors (Lipinski definition) is 2. The highest BCUT2D eigenvalue weighted by Gasteiger charge is 2.20. The maximum Gasteiger partial charge on any atom is 0.127 e. The lowest BCUT2D eigenvalue weighted by molar-refractivity contribution is -0.109. The molecular weight excluding hydrogens is 210 g/mol. The van der Waals surface area contributed by atoms with Crippen molar-refractivity contribution in [3.63, 3.8) is 0 Å². The van der Waals surface area contributed by atoms with Crippen LogP contribution in [0, 0.1) is 0 Å². The predicted octanol–water partition coefficient (Wildman–Crippen LogP) is 3.15. The summed E-state index contributed by atoms with van der Waals surface area (Å²) in [7, 11) is 0. The standard InChI is InChI=1S/C15H21NO/c1-3-16(4-2)14-8-9-15-12(10-14)6-5-7-13(15)11-17/h8-11,13H,3-7H2,1-2H3. The van der Waals surface area contributed by atoms with Gasteiger partial charge in [-0.2, -0.15) is 0 Å². The topological polar surface area (TPSA) is 20.3 Å². The van der Waals surface area contributed by atoms with E-state index < -0.39 is 0 Å². The Morgan fingerprint density at radius 3 is 2.76 bits per heavy atom. The van der Waals surface area contributed by atoms with Crippen LogP contribution < -0.4 is 4.90 Å². The van der Waals surface area contributed by atoms with Gasteiger partial charge < -0.3 is 9.69 Å². The molecule has 2 heteroatoms. The molecule has 0 radical (unpaired) electrons. The van der Waals surface area contributed by atoms with Crippen LogP contribution in [-0.2, 0) is 11.2 Å². The summed E-state index contributed by atoms with van der Waals surface area (Å²) in [5.41, 5.74) is 3.92. The van der Waals surface area contributed by atoms with Gasteiger partial charge in [0.15, 0.2) is 0 Å². The fourth-order valence-electron chi connectivity index (χ4n) is 2.77. The molecule has 0 N–H and O–H groups in total. The maximum absolute atomic E-state index is 11.0. The van der Waals surface area contributed by atoms with Gasteiger partial charge in [0.2, 0.25) is 0 Å². The van der Waals surface area contributed by atoms with Crippen LogP contribution in [0.2, 0.25) is 0 Å². The SMILES string of the molecule is CCN(CC)c1ccc2c(c1)CCCC2C=O. The average molecular weight is 231 g/mol. The van der Waals surface area contributed by atoms with Crippen LogP contribution in [0.5, 0.6) is 0 Å². The highest BCUT2D eigenvalue weighted by Crippen LogP contribution is 2.32. The average Bonchev–Trinajstić information content (AvgIpc) is 2.39. The van der Waals surface area contributed by atoms with Gasteiger partial charge in [0.25, 0.3) is 0 Å². The number of nitrogens with zero attached hydrogens (tertiary/aromatic N) is 1. The van der Waals surface area contributed by atoms with Gasteiger partial charge in [0, 0.05) is 24.7 Å². The molecule has 0 aliphatic heterocycles. The zero-order valence-corrected chi connectivity index (χ0v) is 10.8. The van der Waals surface area contributed by atoms with Gasteiger partial charge in [-0.1, -0.05) is 6.07 Å². The van der Waals surface area contributed by atoms with E-state index in [1.54, 1.807) is 0 Å². The quantitative estimate of drug-likeness (QED) is 0.742. The number of fused-ring (bicyclic) bond motifs is 1. The van der Waals surface area contributed by atoms with Gasteiger partial charge in [0.1, 0.15) is 6.29 Å². The van der Waals surface area contributed by atoms with Crippen LogP contribution in [0.4, 0.5) is 5.69 Å². The zero-order valence-electron chi connectivity index (χ0n) is 10.8. The van der Waals surface area contributed by atoms with E-state index >= 15 is 0 Å². The Bertz CT molecular complexity index is 396. The zero-order chi connectivity index (χ0) is 12.3. The first kappa shape index (κ1) is 12.2. The molecule has 92 valence electrons. The molecule has 0 bridgehead atoms. The number of rotatable bonds is 4. The van der Waals surface area contributed by atoms with Crippen LogP contribution in [0.3, 0.4) is 0 Å². The second-order valence-corrected chi connectivity index (χ2v) is 4.69. The van der Waals surface area contributed by atoms with Crippen molar-refractivity contribution in [2.75, 3.05) is 18.0 Å². The van der Waals surface area contributed by atoms with Gasteiger partial charge in [-0.3, -0.25) is 0 Å². The van der Waals surface area contributed by atoms with E-state index in [9.17, 15) is 4.79 Å². The third kappa shape index (κ3) is 2.36. The summed E-state index contributed by atoms with van der Waals surface area (Å²) in [6, 6.07) is 6.59. The molecule has 0 heterocycles. The Labute approximate surface area is 104 Å². The number of benzene rings is 1. The third-order valence-corrected chi connectivity index (χ3v) is 3.78. The van der Waals surface area contributed by atoms with Crippen molar-refractivity contribution in [2.45, 2.75) is 39.0 Å². The lowest BCUT2D eigenvalue weighted by Gasteiger charge is -2.26. The maximum atomic E-state index is 11.0. The van der Waals surface area contributed by atoms with Crippen molar-refractivity contribution in [3.8, 4) is 0 Å². The van der Waals surface area contributed by atoms with Gasteiger partial charge in [-0.25, -0.2) is 0 Å². The first-order valence-corrected chi connectivity index (χ1v) is 6.63. The van der Waals surface area contributed by atoms with Crippen LogP contribution in [0.1, 0.15) is 43.7 Å². The van der Waals surface area contributed by atoms with Gasteiger partial charge >= 0.3 is 0 Å². The minimum absolute atomic E-state index is 0.129. The lowest BCUT2D eigenvalue weighted by atomic mass is 9.83. The van der Waals surface area contributed by atoms with E-state index in [2.05, 4.69) is 36.9 Å². The second-order valence-electron chi connectivity index (χ2n) is 4.69.